The Morgan fingerprint density at radius 2 is 1.07 bits per heavy atom. The van der Waals surface area contributed by atoms with E-state index in [9.17, 15) is 0 Å². The maximum Gasteiger partial charge on any atom is 0.0702 e. The van der Waals surface area contributed by atoms with E-state index in [2.05, 4.69) is 113 Å². The molecular weight excluding hydrogens is 556 g/mol. The lowest BCUT2D eigenvalue weighted by atomic mass is 10.1. The summed E-state index contributed by atoms with van der Waals surface area (Å²) in [7, 11) is 0. The number of halogens is 3. The third kappa shape index (κ3) is 6.59. The van der Waals surface area contributed by atoms with Gasteiger partial charge >= 0.3 is 0 Å². The topological polar surface area (TPSA) is 25.8 Å². The lowest BCUT2D eigenvalue weighted by Gasteiger charge is -2.01. The Labute approximate surface area is 196 Å². The van der Waals surface area contributed by atoms with Crippen LogP contribution < -0.4 is 0 Å². The van der Waals surface area contributed by atoms with E-state index in [1.165, 1.54) is 11.1 Å². The number of nitrogens with zero attached hydrogens (tertiary/aromatic N) is 2. The van der Waals surface area contributed by atoms with Crippen LogP contribution in [0.2, 0.25) is 0 Å². The molecule has 0 saturated heterocycles. The molecule has 0 radical (unpaired) electrons. The van der Waals surface area contributed by atoms with E-state index < -0.39 is 0 Å². The fraction of sp³-hybridized carbons (Fsp3) is 0.0833. The van der Waals surface area contributed by atoms with Crippen LogP contribution in [0.5, 0.6) is 0 Å². The predicted molar refractivity (Wildman–Crippen MR) is 132 cm³/mol. The highest BCUT2D eigenvalue weighted by Crippen LogP contribution is 2.20. The molecule has 0 atom stereocenters. The first kappa shape index (κ1) is 21.9. The molecule has 0 unspecified atom stereocenters. The number of aryl methyl sites for hydroxylation is 1. The molecule has 4 aromatic rings. The van der Waals surface area contributed by atoms with Crippen molar-refractivity contribution >= 4 is 47.8 Å². The van der Waals surface area contributed by atoms with Gasteiger partial charge in [-0.3, -0.25) is 9.97 Å². The largest absolute Gasteiger partial charge is 0.255 e. The molecule has 5 heteroatoms. The van der Waals surface area contributed by atoms with E-state index in [0.717, 1.165) is 36.8 Å². The lowest BCUT2D eigenvalue weighted by molar-refractivity contribution is 1.30. The molecule has 146 valence electrons. The predicted octanol–water partition coefficient (Wildman–Crippen LogP) is 8.23. The van der Waals surface area contributed by atoms with Gasteiger partial charge in [-0.15, -0.1) is 0 Å². The number of hydrogen-bond donors (Lipinski definition) is 0. The molecule has 0 amide bonds. The van der Waals surface area contributed by atoms with Crippen molar-refractivity contribution in [1.82, 2.24) is 9.97 Å². The van der Waals surface area contributed by atoms with Gasteiger partial charge in [-0.05, 0) is 68.6 Å². The highest BCUT2D eigenvalue weighted by atomic mass is 79.9. The lowest BCUT2D eigenvalue weighted by Crippen LogP contribution is -1.83. The van der Waals surface area contributed by atoms with Crippen LogP contribution >= 0.6 is 47.8 Å². The second-order valence-electron chi connectivity index (χ2n) is 6.42. The molecule has 4 rings (SSSR count). The summed E-state index contributed by atoms with van der Waals surface area (Å²) in [6.07, 6.45) is 3.63. The summed E-state index contributed by atoms with van der Waals surface area (Å²) < 4.78 is 2.01. The minimum absolute atomic E-state index is 0.890. The Morgan fingerprint density at radius 1 is 0.621 bits per heavy atom. The second kappa shape index (κ2) is 10.8. The molecule has 2 aromatic heterocycles. The summed E-state index contributed by atoms with van der Waals surface area (Å²) in [5.74, 6) is 0. The van der Waals surface area contributed by atoms with Crippen LogP contribution in [0.4, 0.5) is 0 Å². The van der Waals surface area contributed by atoms with Gasteiger partial charge in [0.1, 0.15) is 0 Å². The van der Waals surface area contributed by atoms with Crippen molar-refractivity contribution in [2.24, 2.45) is 0 Å². The molecule has 0 aliphatic rings. The van der Waals surface area contributed by atoms with Gasteiger partial charge < -0.3 is 0 Å². The summed E-state index contributed by atoms with van der Waals surface area (Å²) in [5, 5.41) is 0.890. The van der Waals surface area contributed by atoms with Crippen molar-refractivity contribution < 1.29 is 0 Å². The van der Waals surface area contributed by atoms with Crippen molar-refractivity contribution in [2.45, 2.75) is 12.3 Å². The molecule has 0 N–H and O–H groups in total. The molecule has 2 heterocycles. The van der Waals surface area contributed by atoms with E-state index >= 15 is 0 Å². The summed E-state index contributed by atoms with van der Waals surface area (Å²) in [5.41, 5.74) is 6.85. The van der Waals surface area contributed by atoms with E-state index in [1.807, 2.05) is 36.7 Å². The normalized spacial score (nSPS) is 10.2. The SMILES string of the molecule is BrCc1ccc(-c2ccc(Br)cn2)cc1.Cc1ccc(-c2ccc(Br)cn2)cc1. The zero-order chi connectivity index (χ0) is 20.6. The molecule has 0 saturated carbocycles. The zero-order valence-electron chi connectivity index (χ0n) is 15.8. The molecule has 0 bridgehead atoms. The van der Waals surface area contributed by atoms with Crippen LogP contribution in [0.25, 0.3) is 22.5 Å². The van der Waals surface area contributed by atoms with Crippen LogP contribution in [0, 0.1) is 6.92 Å². The third-order valence-electron chi connectivity index (χ3n) is 4.21. The molecule has 2 nitrogen and oxygen atoms in total. The molecule has 0 aliphatic carbocycles. The summed E-state index contributed by atoms with van der Waals surface area (Å²) in [6.45, 7) is 2.08. The van der Waals surface area contributed by atoms with E-state index in [0.29, 0.717) is 0 Å². The van der Waals surface area contributed by atoms with Crippen LogP contribution in [-0.4, -0.2) is 9.97 Å². The van der Waals surface area contributed by atoms with E-state index in [-0.39, 0.29) is 0 Å². The van der Waals surface area contributed by atoms with Crippen LogP contribution in [0.1, 0.15) is 11.1 Å². The number of aromatic nitrogens is 2. The number of hydrogen-bond acceptors (Lipinski definition) is 2. The monoisotopic (exact) mass is 572 g/mol. The fourth-order valence-electron chi connectivity index (χ4n) is 2.58. The first-order valence-electron chi connectivity index (χ1n) is 9.00. The average molecular weight is 575 g/mol. The summed E-state index contributed by atoms with van der Waals surface area (Å²) >= 11 is 10.2. The van der Waals surface area contributed by atoms with E-state index in [1.54, 1.807) is 0 Å². The van der Waals surface area contributed by atoms with E-state index in [4.69, 9.17) is 0 Å². The Balaban J connectivity index is 0.000000166. The maximum absolute atomic E-state index is 4.35. The Kier molecular flexibility index (Phi) is 8.16. The molecule has 0 spiro atoms. The van der Waals surface area contributed by atoms with Gasteiger partial charge in [-0.25, -0.2) is 0 Å². The minimum atomic E-state index is 0.890. The summed E-state index contributed by atoms with van der Waals surface area (Å²) in [4.78, 5) is 8.68. The van der Waals surface area contributed by atoms with Crippen LogP contribution in [0.15, 0.2) is 94.1 Å². The Morgan fingerprint density at radius 3 is 1.45 bits per heavy atom. The quantitative estimate of drug-likeness (QED) is 0.230. The molecular formula is C24H19Br3N2. The van der Waals surface area contributed by atoms with Gasteiger partial charge in [-0.1, -0.05) is 70.0 Å². The number of rotatable bonds is 3. The smallest absolute Gasteiger partial charge is 0.0702 e. The van der Waals surface area contributed by atoms with Crippen molar-refractivity contribution in [3.8, 4) is 22.5 Å². The highest BCUT2D eigenvalue weighted by Gasteiger charge is 1.99. The van der Waals surface area contributed by atoms with Gasteiger partial charge in [-0.2, -0.15) is 0 Å². The van der Waals surface area contributed by atoms with Crippen LogP contribution in [-0.2, 0) is 5.33 Å². The zero-order valence-corrected chi connectivity index (χ0v) is 20.6. The fourth-order valence-corrected chi connectivity index (χ4v) is 3.42. The molecule has 0 fully saturated rings. The van der Waals surface area contributed by atoms with Crippen molar-refractivity contribution in [2.75, 3.05) is 0 Å². The molecule has 0 aliphatic heterocycles. The van der Waals surface area contributed by atoms with Gasteiger partial charge in [0.05, 0.1) is 11.4 Å². The molecule has 29 heavy (non-hydrogen) atoms. The Bertz CT molecular complexity index is 984. The standard InChI is InChI=1S/C12H9Br2N.C12H10BrN/c13-7-9-1-3-10(4-2-9)12-6-5-11(14)8-15-12;1-9-2-4-10(5-3-9)12-7-6-11(13)8-14-12/h1-6,8H,7H2;2-8H,1H3. The maximum atomic E-state index is 4.35. The first-order chi connectivity index (χ1) is 14.0. The highest BCUT2D eigenvalue weighted by molar-refractivity contribution is 9.10. The van der Waals surface area contributed by atoms with Crippen LogP contribution in [0.3, 0.4) is 0 Å². The number of benzene rings is 2. The minimum Gasteiger partial charge on any atom is -0.255 e. The number of alkyl halides is 1. The van der Waals surface area contributed by atoms with Gasteiger partial charge in [0.15, 0.2) is 0 Å². The number of pyridine rings is 2. The third-order valence-corrected chi connectivity index (χ3v) is 5.79. The van der Waals surface area contributed by atoms with Crippen molar-refractivity contribution in [1.29, 1.82) is 0 Å². The first-order valence-corrected chi connectivity index (χ1v) is 11.7. The second-order valence-corrected chi connectivity index (χ2v) is 8.81. The van der Waals surface area contributed by atoms with Gasteiger partial charge in [0.25, 0.3) is 0 Å². The Hall–Kier alpha value is -1.82. The van der Waals surface area contributed by atoms with Crippen molar-refractivity contribution in [3.05, 3.63) is 105 Å². The average Bonchev–Trinajstić information content (AvgIpc) is 2.76. The van der Waals surface area contributed by atoms with Gasteiger partial charge in [0.2, 0.25) is 0 Å². The van der Waals surface area contributed by atoms with Crippen molar-refractivity contribution in [3.63, 3.8) is 0 Å². The molecule has 2 aromatic carbocycles. The summed E-state index contributed by atoms with van der Waals surface area (Å²) in [6, 6.07) is 24.8. The van der Waals surface area contributed by atoms with Gasteiger partial charge in [0, 0.05) is 37.8 Å².